The van der Waals surface area contributed by atoms with E-state index in [2.05, 4.69) is 15.5 Å². The van der Waals surface area contributed by atoms with Crippen molar-refractivity contribution >= 4 is 23.8 Å². The van der Waals surface area contributed by atoms with Gasteiger partial charge in [-0.1, -0.05) is 0 Å². The van der Waals surface area contributed by atoms with Gasteiger partial charge in [-0.3, -0.25) is 10.00 Å². The minimum atomic E-state index is -0.934. The summed E-state index contributed by atoms with van der Waals surface area (Å²) < 4.78 is 0. The van der Waals surface area contributed by atoms with Gasteiger partial charge in [0.25, 0.3) is 0 Å². The second kappa shape index (κ2) is 5.59. The Hall–Kier alpha value is -1.70. The Labute approximate surface area is 126 Å². The quantitative estimate of drug-likeness (QED) is 0.781. The van der Waals surface area contributed by atoms with Crippen LogP contribution in [0.3, 0.4) is 0 Å². The van der Waals surface area contributed by atoms with Gasteiger partial charge in [-0.2, -0.15) is 5.10 Å². The zero-order valence-corrected chi connectivity index (χ0v) is 12.5. The summed E-state index contributed by atoms with van der Waals surface area (Å²) in [6.45, 7) is 1.86. The number of thioether (sulfide) groups is 1. The number of carboxylic acids is 1. The van der Waals surface area contributed by atoms with E-state index in [0.29, 0.717) is 11.7 Å². The maximum atomic E-state index is 12.5. The van der Waals surface area contributed by atoms with Crippen molar-refractivity contribution in [2.45, 2.75) is 37.2 Å². The van der Waals surface area contributed by atoms with E-state index >= 15 is 0 Å². The Bertz CT molecular complexity index is 532. The largest absolute Gasteiger partial charge is 0.480 e. The van der Waals surface area contributed by atoms with Crippen LogP contribution in [0.4, 0.5) is 4.79 Å². The van der Waals surface area contributed by atoms with Gasteiger partial charge < -0.3 is 10.4 Å². The molecule has 3 rings (SSSR count). The van der Waals surface area contributed by atoms with Crippen molar-refractivity contribution in [3.8, 4) is 0 Å². The topological polar surface area (TPSA) is 98.3 Å². The summed E-state index contributed by atoms with van der Waals surface area (Å²) in [6.07, 6.45) is 5.52. The van der Waals surface area contributed by atoms with E-state index in [1.54, 1.807) is 24.2 Å². The van der Waals surface area contributed by atoms with Crippen LogP contribution in [-0.4, -0.2) is 49.4 Å². The van der Waals surface area contributed by atoms with Crippen LogP contribution in [0.2, 0.25) is 0 Å². The number of aromatic nitrogens is 2. The minimum absolute atomic E-state index is 0.0114. The maximum Gasteiger partial charge on any atom is 0.327 e. The molecule has 3 unspecified atom stereocenters. The van der Waals surface area contributed by atoms with Crippen molar-refractivity contribution in [2.24, 2.45) is 5.92 Å². The SMILES string of the molecule is CC(NC(=O)N1C(C(=O)O)CSC1C1CC1)c1cn[nH]c1. The molecule has 0 bridgehead atoms. The number of carboxylic acid groups (broad SMARTS) is 1. The van der Waals surface area contributed by atoms with Crippen LogP contribution in [0.5, 0.6) is 0 Å². The summed E-state index contributed by atoms with van der Waals surface area (Å²) in [4.78, 5) is 25.4. The predicted molar refractivity (Wildman–Crippen MR) is 77.8 cm³/mol. The lowest BCUT2D eigenvalue weighted by molar-refractivity contribution is -0.141. The fourth-order valence-electron chi connectivity index (χ4n) is 2.56. The molecule has 7 nitrogen and oxygen atoms in total. The molecule has 2 amide bonds. The number of aromatic amines is 1. The third kappa shape index (κ3) is 2.85. The first-order chi connectivity index (χ1) is 10.1. The van der Waals surface area contributed by atoms with Crippen molar-refractivity contribution in [1.82, 2.24) is 20.4 Å². The third-order valence-corrected chi connectivity index (χ3v) is 5.40. The van der Waals surface area contributed by atoms with Crippen LogP contribution in [0, 0.1) is 5.92 Å². The normalized spacial score (nSPS) is 26.6. The average molecular weight is 310 g/mol. The van der Waals surface area contributed by atoms with Crippen molar-refractivity contribution in [3.05, 3.63) is 18.0 Å². The van der Waals surface area contributed by atoms with Gasteiger partial charge in [0.1, 0.15) is 6.04 Å². The molecule has 0 aromatic carbocycles. The number of hydrogen-bond donors (Lipinski definition) is 3. The predicted octanol–water partition coefficient (Wildman–Crippen LogP) is 1.42. The molecule has 1 saturated heterocycles. The highest BCUT2D eigenvalue weighted by atomic mass is 32.2. The van der Waals surface area contributed by atoms with Gasteiger partial charge in [-0.25, -0.2) is 9.59 Å². The monoisotopic (exact) mass is 310 g/mol. The number of carbonyl (C=O) groups excluding carboxylic acids is 1. The molecule has 1 aliphatic heterocycles. The number of H-pyrrole nitrogens is 1. The van der Waals surface area contributed by atoms with Crippen LogP contribution >= 0.6 is 11.8 Å². The van der Waals surface area contributed by atoms with E-state index < -0.39 is 12.0 Å². The lowest BCUT2D eigenvalue weighted by Crippen LogP contribution is -2.51. The number of rotatable bonds is 4. The first kappa shape index (κ1) is 14.2. The highest BCUT2D eigenvalue weighted by molar-refractivity contribution is 8.00. The molecule has 8 heteroatoms. The molecule has 3 N–H and O–H groups in total. The van der Waals surface area contributed by atoms with E-state index in [1.807, 2.05) is 6.92 Å². The summed E-state index contributed by atoms with van der Waals surface area (Å²) in [7, 11) is 0. The van der Waals surface area contributed by atoms with Gasteiger partial charge in [0.05, 0.1) is 17.6 Å². The molecule has 1 aliphatic carbocycles. The number of aliphatic carboxylic acids is 1. The molecule has 1 aromatic heterocycles. The zero-order chi connectivity index (χ0) is 15.0. The number of amides is 2. The minimum Gasteiger partial charge on any atom is -0.480 e. The molecule has 2 heterocycles. The molecule has 3 atom stereocenters. The third-order valence-electron chi connectivity index (χ3n) is 3.94. The lowest BCUT2D eigenvalue weighted by Gasteiger charge is -2.28. The lowest BCUT2D eigenvalue weighted by atomic mass is 10.2. The summed E-state index contributed by atoms with van der Waals surface area (Å²) in [6, 6.07) is -1.26. The number of urea groups is 1. The molecule has 0 radical (unpaired) electrons. The summed E-state index contributed by atoms with van der Waals surface area (Å²) >= 11 is 1.58. The van der Waals surface area contributed by atoms with Crippen molar-refractivity contribution in [1.29, 1.82) is 0 Å². The maximum absolute atomic E-state index is 12.5. The summed E-state index contributed by atoms with van der Waals surface area (Å²) in [5.41, 5.74) is 0.866. The van der Waals surface area contributed by atoms with Crippen LogP contribution in [-0.2, 0) is 4.79 Å². The van der Waals surface area contributed by atoms with Gasteiger partial charge in [0.2, 0.25) is 0 Å². The van der Waals surface area contributed by atoms with Crippen LogP contribution in [0.25, 0.3) is 0 Å². The highest BCUT2D eigenvalue weighted by Gasteiger charge is 2.48. The molecule has 2 aliphatic rings. The molecule has 1 saturated carbocycles. The van der Waals surface area contributed by atoms with E-state index in [-0.39, 0.29) is 17.4 Å². The van der Waals surface area contributed by atoms with Gasteiger partial charge >= 0.3 is 12.0 Å². The first-order valence-corrected chi connectivity index (χ1v) is 8.04. The van der Waals surface area contributed by atoms with E-state index in [4.69, 9.17) is 0 Å². The number of hydrogen-bond acceptors (Lipinski definition) is 4. The van der Waals surface area contributed by atoms with Gasteiger partial charge in [-0.05, 0) is 25.7 Å². The fourth-order valence-corrected chi connectivity index (χ4v) is 4.19. The number of nitrogens with zero attached hydrogens (tertiary/aromatic N) is 2. The zero-order valence-electron chi connectivity index (χ0n) is 11.7. The molecular weight excluding hydrogens is 292 g/mol. The summed E-state index contributed by atoms with van der Waals surface area (Å²) in [5, 5.41) is 18.7. The first-order valence-electron chi connectivity index (χ1n) is 7.00. The van der Waals surface area contributed by atoms with E-state index in [0.717, 1.165) is 18.4 Å². The van der Waals surface area contributed by atoms with Gasteiger partial charge in [0.15, 0.2) is 0 Å². The number of carbonyl (C=O) groups is 2. The fraction of sp³-hybridized carbons (Fsp3) is 0.615. The van der Waals surface area contributed by atoms with Crippen molar-refractivity contribution in [3.63, 3.8) is 0 Å². The van der Waals surface area contributed by atoms with Crippen LogP contribution in [0.15, 0.2) is 12.4 Å². The Morgan fingerprint density at radius 3 is 2.90 bits per heavy atom. The average Bonchev–Trinajstić information content (AvgIpc) is 2.98. The Morgan fingerprint density at radius 2 is 2.33 bits per heavy atom. The molecular formula is C13H18N4O3S. The van der Waals surface area contributed by atoms with Crippen LogP contribution < -0.4 is 5.32 Å². The number of nitrogens with one attached hydrogen (secondary N) is 2. The Morgan fingerprint density at radius 1 is 1.57 bits per heavy atom. The Balaban J connectivity index is 1.72. The smallest absolute Gasteiger partial charge is 0.327 e. The standard InChI is InChI=1S/C13H18N4O3S/c1-7(9-4-14-15-5-9)16-13(20)17-10(12(18)19)6-21-11(17)8-2-3-8/h4-5,7-8,10-11H,2-3,6H2,1H3,(H,14,15)(H,16,20)(H,18,19). The molecule has 1 aromatic rings. The molecule has 21 heavy (non-hydrogen) atoms. The molecule has 0 spiro atoms. The van der Waals surface area contributed by atoms with Gasteiger partial charge in [0, 0.05) is 17.5 Å². The van der Waals surface area contributed by atoms with E-state index in [9.17, 15) is 14.7 Å². The van der Waals surface area contributed by atoms with Crippen LogP contribution in [0.1, 0.15) is 31.4 Å². The summed E-state index contributed by atoms with van der Waals surface area (Å²) in [5.74, 6) is -0.0320. The van der Waals surface area contributed by atoms with Crippen molar-refractivity contribution < 1.29 is 14.7 Å². The van der Waals surface area contributed by atoms with E-state index in [1.165, 1.54) is 4.90 Å². The second-order valence-electron chi connectivity index (χ2n) is 5.53. The van der Waals surface area contributed by atoms with Gasteiger partial charge in [-0.15, -0.1) is 11.8 Å². The molecule has 2 fully saturated rings. The molecule has 114 valence electrons. The van der Waals surface area contributed by atoms with Crippen molar-refractivity contribution in [2.75, 3.05) is 5.75 Å². The second-order valence-corrected chi connectivity index (χ2v) is 6.68. The highest BCUT2D eigenvalue weighted by Crippen LogP contribution is 2.45. The Kier molecular flexibility index (Phi) is 3.79.